The van der Waals surface area contributed by atoms with Crippen molar-refractivity contribution in [2.24, 2.45) is 0 Å². The maximum absolute atomic E-state index is 12.5. The summed E-state index contributed by atoms with van der Waals surface area (Å²) in [5, 5.41) is 12.4. The van der Waals surface area contributed by atoms with Gasteiger partial charge in [0, 0.05) is 24.6 Å². The first-order valence-electron chi connectivity index (χ1n) is 9.83. The summed E-state index contributed by atoms with van der Waals surface area (Å²) in [4.78, 5) is 26.6. The second kappa shape index (κ2) is 7.94. The summed E-state index contributed by atoms with van der Waals surface area (Å²) >= 11 is 0. The van der Waals surface area contributed by atoms with Gasteiger partial charge in [-0.3, -0.25) is 9.63 Å². The quantitative estimate of drug-likeness (QED) is 0.553. The number of nitrogens with zero attached hydrogens (tertiary/aromatic N) is 4. The number of aromatic nitrogens is 3. The smallest absolute Gasteiger partial charge is 0.277 e. The van der Waals surface area contributed by atoms with Crippen molar-refractivity contribution in [3.05, 3.63) is 29.6 Å². The number of anilines is 1. The molecule has 3 aromatic rings. The Morgan fingerprint density at radius 1 is 1.41 bits per heavy atom. The van der Waals surface area contributed by atoms with Crippen LogP contribution in [0.15, 0.2) is 18.2 Å². The average Bonchev–Trinajstić information content (AvgIpc) is 3.06. The summed E-state index contributed by atoms with van der Waals surface area (Å²) in [5.74, 6) is 0.567. The number of amides is 1. The summed E-state index contributed by atoms with van der Waals surface area (Å²) in [6, 6.07) is 5.14. The van der Waals surface area contributed by atoms with Crippen LogP contribution in [0.4, 0.5) is 5.82 Å². The molecule has 156 valence electrons. The van der Waals surface area contributed by atoms with Crippen molar-refractivity contribution >= 4 is 33.7 Å². The van der Waals surface area contributed by atoms with Crippen LogP contribution in [-0.2, 0) is 22.7 Å². The molecule has 3 N–H and O–H groups in total. The number of rotatable bonds is 8. The highest BCUT2D eigenvalue weighted by Crippen LogP contribution is 2.31. The van der Waals surface area contributed by atoms with Gasteiger partial charge in [-0.15, -0.1) is 0 Å². The Labute approximate surface area is 170 Å². The second-order valence-electron chi connectivity index (χ2n) is 7.44. The molecule has 0 bridgehead atoms. The molecule has 2 heterocycles. The van der Waals surface area contributed by atoms with Gasteiger partial charge in [-0.05, 0) is 39.0 Å². The van der Waals surface area contributed by atoms with Gasteiger partial charge >= 0.3 is 0 Å². The van der Waals surface area contributed by atoms with Crippen molar-refractivity contribution in [2.45, 2.75) is 39.5 Å². The topological polar surface area (TPSA) is 116 Å². The molecule has 1 amide bonds. The van der Waals surface area contributed by atoms with Crippen molar-refractivity contribution in [1.29, 1.82) is 0 Å². The zero-order chi connectivity index (χ0) is 22.1. The van der Waals surface area contributed by atoms with Gasteiger partial charge in [0.15, 0.2) is 7.23 Å². The molecule has 0 saturated heterocycles. The fraction of sp³-hybridized carbons (Fsp3) is 0.450. The first kappa shape index (κ1) is 19.6. The van der Waals surface area contributed by atoms with Crippen LogP contribution in [0.5, 0.6) is 0 Å². The number of hydroxylamine groups is 2. The number of hydrogen-bond donors (Lipinski definition) is 2. The Hall–Kier alpha value is -2.75. The number of carbonyl (C=O) groups excluding carboxylic acids is 1. The van der Waals surface area contributed by atoms with E-state index in [9.17, 15) is 9.90 Å². The van der Waals surface area contributed by atoms with Crippen LogP contribution in [0.2, 0.25) is 1.41 Å². The third kappa shape index (κ3) is 4.16. The molecule has 0 fully saturated rings. The van der Waals surface area contributed by atoms with Crippen molar-refractivity contribution in [2.75, 3.05) is 26.5 Å². The Bertz CT molecular complexity index is 1080. The monoisotopic (exact) mass is 403 g/mol. The number of nitrogens with two attached hydrogens (primary N) is 1. The lowest BCUT2D eigenvalue weighted by molar-refractivity contribution is -0.0756. The van der Waals surface area contributed by atoms with Gasteiger partial charge < -0.3 is 20.1 Å². The number of imidazole rings is 1. The SMILES string of the molecule is [3H]Nc1nc2cc(C(=O)N(C)OC)ccc2c2c1nc(COCC)n2CC(C)(C)O. The van der Waals surface area contributed by atoms with E-state index >= 15 is 0 Å². The van der Waals surface area contributed by atoms with Crippen LogP contribution in [0, 0.1) is 0 Å². The van der Waals surface area contributed by atoms with E-state index in [0.29, 0.717) is 34.5 Å². The Morgan fingerprint density at radius 3 is 2.79 bits per heavy atom. The third-order valence-corrected chi connectivity index (χ3v) is 4.54. The van der Waals surface area contributed by atoms with Gasteiger partial charge in [0.1, 0.15) is 17.9 Å². The molecule has 0 spiro atoms. The molecule has 0 aliphatic rings. The number of pyridine rings is 1. The minimum Gasteiger partial charge on any atom is -0.389 e. The molecule has 9 heteroatoms. The van der Waals surface area contributed by atoms with Crippen molar-refractivity contribution in [1.82, 2.24) is 19.6 Å². The van der Waals surface area contributed by atoms with Gasteiger partial charge in [-0.1, -0.05) is 0 Å². The first-order chi connectivity index (χ1) is 14.2. The van der Waals surface area contributed by atoms with E-state index in [1.807, 2.05) is 11.5 Å². The first-order valence-corrected chi connectivity index (χ1v) is 9.33. The maximum Gasteiger partial charge on any atom is 0.277 e. The zero-order valence-electron chi connectivity index (χ0n) is 18.3. The lowest BCUT2D eigenvalue weighted by atomic mass is 10.1. The van der Waals surface area contributed by atoms with Crippen LogP contribution in [-0.4, -0.2) is 57.0 Å². The van der Waals surface area contributed by atoms with E-state index in [4.69, 9.17) is 11.0 Å². The highest BCUT2D eigenvalue weighted by atomic mass is 16.7. The molecule has 29 heavy (non-hydrogen) atoms. The van der Waals surface area contributed by atoms with Gasteiger partial charge in [0.05, 0.1) is 30.3 Å². The molecule has 3 rings (SSSR count). The average molecular weight is 403 g/mol. The lowest BCUT2D eigenvalue weighted by Crippen LogP contribution is -2.27. The number of ether oxygens (including phenoxy) is 1. The number of nitrogen functional groups attached to an aromatic ring is 1. The molecular weight excluding hydrogens is 374 g/mol. The predicted octanol–water partition coefficient (Wildman–Crippen LogP) is 2.11. The van der Waals surface area contributed by atoms with Crippen LogP contribution < -0.4 is 5.73 Å². The van der Waals surface area contributed by atoms with E-state index in [1.165, 1.54) is 14.2 Å². The van der Waals surface area contributed by atoms with E-state index < -0.39 is 5.60 Å². The number of aliphatic hydroxyl groups is 1. The molecule has 9 nitrogen and oxygen atoms in total. The minimum absolute atomic E-state index is 0.259. The van der Waals surface area contributed by atoms with E-state index in [1.54, 1.807) is 32.0 Å². The molecule has 0 radical (unpaired) electrons. The summed E-state index contributed by atoms with van der Waals surface area (Å²) in [6.07, 6.45) is 0. The van der Waals surface area contributed by atoms with E-state index in [0.717, 1.165) is 10.4 Å². The second-order valence-corrected chi connectivity index (χ2v) is 7.44. The highest BCUT2D eigenvalue weighted by Gasteiger charge is 2.23. The summed E-state index contributed by atoms with van der Waals surface area (Å²) in [7, 11) is 2.94. The Morgan fingerprint density at radius 2 is 2.17 bits per heavy atom. The van der Waals surface area contributed by atoms with Gasteiger partial charge in [0.25, 0.3) is 5.91 Å². The minimum atomic E-state index is -1.00. The molecule has 2 aromatic heterocycles. The van der Waals surface area contributed by atoms with E-state index in [-0.39, 0.29) is 24.9 Å². The Kier molecular flexibility index (Phi) is 5.35. The summed E-state index contributed by atoms with van der Waals surface area (Å²) in [5.41, 5.74) is 3.48. The van der Waals surface area contributed by atoms with E-state index in [2.05, 4.69) is 15.7 Å². The highest BCUT2D eigenvalue weighted by molar-refractivity contribution is 6.08. The van der Waals surface area contributed by atoms with Crippen molar-refractivity contribution in [3.63, 3.8) is 0 Å². The van der Waals surface area contributed by atoms with Crippen molar-refractivity contribution < 1.29 is 20.9 Å². The van der Waals surface area contributed by atoms with Crippen LogP contribution in [0.3, 0.4) is 0 Å². The standard InChI is InChI=1S/C20H27N5O4/c1-6-29-10-15-23-16-17(25(15)11-20(2,3)27)13-8-7-12(19(26)24(4)28-5)9-14(13)22-18(16)21/h7-9,27H,6,10-11H2,1-5H3,(H2,21,22)/i/hT. The van der Waals surface area contributed by atoms with Gasteiger partial charge in [-0.25, -0.2) is 15.0 Å². The summed E-state index contributed by atoms with van der Waals surface area (Å²) in [6.45, 7) is 6.38. The summed E-state index contributed by atoms with van der Waals surface area (Å²) < 4.78 is 15.1. The normalized spacial score (nSPS) is 12.4. The fourth-order valence-corrected chi connectivity index (χ4v) is 3.19. The van der Waals surface area contributed by atoms with Crippen LogP contribution in [0.25, 0.3) is 21.9 Å². The molecule has 0 aliphatic carbocycles. The Balaban J connectivity index is 2.29. The molecule has 0 unspecified atom stereocenters. The molecule has 0 saturated carbocycles. The molecule has 0 aliphatic heterocycles. The zero-order valence-corrected chi connectivity index (χ0v) is 17.3. The predicted molar refractivity (Wildman–Crippen MR) is 110 cm³/mol. The van der Waals surface area contributed by atoms with Crippen molar-refractivity contribution in [3.8, 4) is 0 Å². The molecule has 0 atom stereocenters. The molecular formula is C20H27N5O4. The van der Waals surface area contributed by atoms with Gasteiger partial charge in [0.2, 0.25) is 0 Å². The largest absolute Gasteiger partial charge is 0.389 e. The number of benzene rings is 1. The lowest BCUT2D eigenvalue weighted by Gasteiger charge is -2.21. The fourth-order valence-electron chi connectivity index (χ4n) is 3.19. The van der Waals surface area contributed by atoms with Crippen LogP contribution >= 0.6 is 0 Å². The van der Waals surface area contributed by atoms with Gasteiger partial charge in [-0.2, -0.15) is 0 Å². The number of fused-ring (bicyclic) bond motifs is 3. The molecule has 1 aromatic carbocycles. The number of hydrogen-bond acceptors (Lipinski definition) is 7. The third-order valence-electron chi connectivity index (χ3n) is 4.54. The van der Waals surface area contributed by atoms with Crippen LogP contribution in [0.1, 0.15) is 37.0 Å². The maximum atomic E-state index is 12.5. The number of carbonyl (C=O) groups is 1.